The number of carbonyl (C=O) groups excluding carboxylic acids is 1. The van der Waals surface area contributed by atoms with Crippen molar-refractivity contribution in [2.45, 2.75) is 51.6 Å². The van der Waals surface area contributed by atoms with E-state index in [0.29, 0.717) is 23.8 Å². The number of anilines is 1. The molecule has 7 nitrogen and oxygen atoms in total. The SMILES string of the molecule is CC(C)(C)[NH2+]CCCNC(=O)c1ccc(NC2CC2)c([N+](=O)[O-])c1. The summed E-state index contributed by atoms with van der Waals surface area (Å²) in [5, 5.41) is 19.4. The summed E-state index contributed by atoms with van der Waals surface area (Å²) in [6.45, 7) is 7.90. The molecule has 0 bridgehead atoms. The topological polar surface area (TPSA) is 101 Å². The third-order valence-corrected chi connectivity index (χ3v) is 3.82. The van der Waals surface area contributed by atoms with Gasteiger partial charge in [-0.3, -0.25) is 14.9 Å². The number of carbonyl (C=O) groups is 1. The monoisotopic (exact) mass is 335 g/mol. The van der Waals surface area contributed by atoms with E-state index < -0.39 is 4.92 Å². The van der Waals surface area contributed by atoms with Gasteiger partial charge in [-0.05, 0) is 45.7 Å². The van der Waals surface area contributed by atoms with Crippen LogP contribution in [0.3, 0.4) is 0 Å². The first-order valence-electron chi connectivity index (χ1n) is 8.44. The third-order valence-electron chi connectivity index (χ3n) is 3.82. The summed E-state index contributed by atoms with van der Waals surface area (Å²) in [5.41, 5.74) is 0.937. The Balaban J connectivity index is 1.89. The predicted octanol–water partition coefficient (Wildman–Crippen LogP) is 1.65. The van der Waals surface area contributed by atoms with E-state index in [-0.39, 0.29) is 17.1 Å². The molecule has 0 aliphatic heterocycles. The fourth-order valence-electron chi connectivity index (χ4n) is 2.33. The number of benzene rings is 1. The van der Waals surface area contributed by atoms with Gasteiger partial charge >= 0.3 is 0 Å². The highest BCUT2D eigenvalue weighted by molar-refractivity contribution is 5.95. The third kappa shape index (κ3) is 5.81. The van der Waals surface area contributed by atoms with Gasteiger partial charge in [-0.25, -0.2) is 0 Å². The summed E-state index contributed by atoms with van der Waals surface area (Å²) in [6.07, 6.45) is 2.92. The van der Waals surface area contributed by atoms with E-state index >= 15 is 0 Å². The molecule has 24 heavy (non-hydrogen) atoms. The van der Waals surface area contributed by atoms with Crippen molar-refractivity contribution < 1.29 is 15.0 Å². The molecule has 0 aromatic heterocycles. The van der Waals surface area contributed by atoms with Crippen molar-refractivity contribution in [2.75, 3.05) is 18.4 Å². The van der Waals surface area contributed by atoms with Crippen LogP contribution in [-0.2, 0) is 0 Å². The number of nitro benzene ring substituents is 1. The van der Waals surface area contributed by atoms with Crippen LogP contribution in [0, 0.1) is 10.1 Å². The molecule has 0 saturated heterocycles. The summed E-state index contributed by atoms with van der Waals surface area (Å²) >= 11 is 0. The minimum Gasteiger partial charge on any atom is -0.377 e. The standard InChI is InChI=1S/C17H26N4O3/c1-17(2,3)19-10-4-9-18-16(22)12-5-8-14(20-13-6-7-13)15(11-12)21(23)24/h5,8,11,13,19-20H,4,6-7,9-10H2,1-3H3,(H,18,22)/p+1. The quantitative estimate of drug-likeness (QED) is 0.382. The molecule has 0 radical (unpaired) electrons. The average molecular weight is 335 g/mol. The van der Waals surface area contributed by atoms with Crippen LogP contribution in [0.4, 0.5) is 11.4 Å². The fraction of sp³-hybridized carbons (Fsp3) is 0.588. The van der Waals surface area contributed by atoms with Crippen LogP contribution < -0.4 is 16.0 Å². The Bertz CT molecular complexity index is 606. The van der Waals surface area contributed by atoms with E-state index in [9.17, 15) is 14.9 Å². The van der Waals surface area contributed by atoms with Crippen LogP contribution in [0.2, 0.25) is 0 Å². The second kappa shape index (κ2) is 7.61. The maximum atomic E-state index is 12.2. The zero-order chi connectivity index (χ0) is 17.7. The lowest BCUT2D eigenvalue weighted by atomic mass is 10.1. The van der Waals surface area contributed by atoms with Gasteiger partial charge in [-0.15, -0.1) is 0 Å². The largest absolute Gasteiger partial charge is 0.377 e. The van der Waals surface area contributed by atoms with Crippen LogP contribution >= 0.6 is 0 Å². The van der Waals surface area contributed by atoms with Gasteiger partial charge in [0.1, 0.15) is 5.69 Å². The van der Waals surface area contributed by atoms with Crippen molar-refractivity contribution in [1.82, 2.24) is 5.32 Å². The Kier molecular flexibility index (Phi) is 5.77. The molecular formula is C17H27N4O3+. The van der Waals surface area contributed by atoms with E-state index in [2.05, 4.69) is 36.7 Å². The smallest absolute Gasteiger partial charge is 0.293 e. The number of rotatable bonds is 8. The van der Waals surface area contributed by atoms with Gasteiger partial charge in [-0.2, -0.15) is 0 Å². The van der Waals surface area contributed by atoms with Gasteiger partial charge in [0.2, 0.25) is 0 Å². The minimum atomic E-state index is -0.445. The number of nitrogens with one attached hydrogen (secondary N) is 2. The highest BCUT2D eigenvalue weighted by atomic mass is 16.6. The molecule has 1 aliphatic carbocycles. The van der Waals surface area contributed by atoms with Crippen LogP contribution in [0.5, 0.6) is 0 Å². The number of nitrogens with two attached hydrogens (primary N) is 1. The van der Waals surface area contributed by atoms with E-state index in [1.165, 1.54) is 6.07 Å². The Labute approximate surface area is 142 Å². The summed E-state index contributed by atoms with van der Waals surface area (Å²) in [4.78, 5) is 22.9. The zero-order valence-corrected chi connectivity index (χ0v) is 14.6. The lowest BCUT2D eigenvalue weighted by Gasteiger charge is -2.16. The Morgan fingerprint density at radius 1 is 1.38 bits per heavy atom. The summed E-state index contributed by atoms with van der Waals surface area (Å²) in [5.74, 6) is -0.271. The van der Waals surface area contributed by atoms with E-state index in [1.54, 1.807) is 12.1 Å². The molecular weight excluding hydrogens is 308 g/mol. The van der Waals surface area contributed by atoms with Gasteiger partial charge in [0.05, 0.1) is 17.0 Å². The Hall–Kier alpha value is -2.15. The normalized spacial score (nSPS) is 14.3. The molecule has 7 heteroatoms. The Morgan fingerprint density at radius 2 is 2.08 bits per heavy atom. The number of quaternary nitrogens is 1. The second-order valence-electron chi connectivity index (χ2n) is 7.38. The zero-order valence-electron chi connectivity index (χ0n) is 14.6. The van der Waals surface area contributed by atoms with Crippen LogP contribution in [0.1, 0.15) is 50.4 Å². The number of hydrogen-bond donors (Lipinski definition) is 3. The lowest BCUT2D eigenvalue weighted by Crippen LogP contribution is -2.94. The molecule has 1 aromatic carbocycles. The van der Waals surface area contributed by atoms with Crippen molar-refractivity contribution in [3.05, 3.63) is 33.9 Å². The number of hydrogen-bond acceptors (Lipinski definition) is 4. The number of nitrogens with zero attached hydrogens (tertiary/aromatic N) is 1. The lowest BCUT2D eigenvalue weighted by molar-refractivity contribution is -0.717. The van der Waals surface area contributed by atoms with Gasteiger partial charge < -0.3 is 16.0 Å². The van der Waals surface area contributed by atoms with Crippen LogP contribution in [0.15, 0.2) is 18.2 Å². The summed E-state index contributed by atoms with van der Waals surface area (Å²) < 4.78 is 0. The van der Waals surface area contributed by atoms with E-state index in [0.717, 1.165) is 25.8 Å². The molecule has 1 fully saturated rings. The van der Waals surface area contributed by atoms with Crippen molar-refractivity contribution in [1.29, 1.82) is 0 Å². The molecule has 4 N–H and O–H groups in total. The van der Waals surface area contributed by atoms with Crippen molar-refractivity contribution in [3.8, 4) is 0 Å². The number of nitro groups is 1. The van der Waals surface area contributed by atoms with Crippen molar-refractivity contribution in [3.63, 3.8) is 0 Å². The average Bonchev–Trinajstić information content (AvgIpc) is 3.29. The minimum absolute atomic E-state index is 0.0457. The molecule has 0 atom stereocenters. The fourth-order valence-corrected chi connectivity index (χ4v) is 2.33. The summed E-state index contributed by atoms with van der Waals surface area (Å²) in [7, 11) is 0. The maximum Gasteiger partial charge on any atom is 0.293 e. The predicted molar refractivity (Wildman–Crippen MR) is 93.2 cm³/mol. The summed E-state index contributed by atoms with van der Waals surface area (Å²) in [6, 6.07) is 4.93. The Morgan fingerprint density at radius 3 is 2.67 bits per heavy atom. The van der Waals surface area contributed by atoms with Gasteiger partial charge in [0.15, 0.2) is 0 Å². The highest BCUT2D eigenvalue weighted by Gasteiger charge is 2.25. The second-order valence-corrected chi connectivity index (χ2v) is 7.38. The molecule has 1 aliphatic rings. The van der Waals surface area contributed by atoms with Gasteiger partial charge in [0, 0.05) is 30.6 Å². The van der Waals surface area contributed by atoms with Crippen molar-refractivity contribution >= 4 is 17.3 Å². The molecule has 0 unspecified atom stereocenters. The number of amides is 1. The van der Waals surface area contributed by atoms with Gasteiger partial charge in [0.25, 0.3) is 11.6 Å². The van der Waals surface area contributed by atoms with Gasteiger partial charge in [-0.1, -0.05) is 0 Å². The molecule has 1 saturated carbocycles. The first kappa shape index (κ1) is 18.2. The van der Waals surface area contributed by atoms with Crippen LogP contribution in [0.25, 0.3) is 0 Å². The van der Waals surface area contributed by atoms with Crippen LogP contribution in [-0.4, -0.2) is 35.5 Å². The maximum absolute atomic E-state index is 12.2. The molecule has 0 spiro atoms. The molecule has 132 valence electrons. The molecule has 2 rings (SSSR count). The van der Waals surface area contributed by atoms with Crippen molar-refractivity contribution in [2.24, 2.45) is 0 Å². The van der Waals surface area contributed by atoms with E-state index in [1.807, 2.05) is 0 Å². The highest BCUT2D eigenvalue weighted by Crippen LogP contribution is 2.31. The molecule has 1 aromatic rings. The molecule has 1 amide bonds. The first-order valence-corrected chi connectivity index (χ1v) is 8.44. The molecule has 0 heterocycles. The van der Waals surface area contributed by atoms with E-state index in [4.69, 9.17) is 0 Å². The first-order chi connectivity index (χ1) is 11.3.